The van der Waals surface area contributed by atoms with E-state index in [0.717, 1.165) is 16.7 Å². The highest BCUT2D eigenvalue weighted by atomic mass is 32.1. The van der Waals surface area contributed by atoms with Crippen molar-refractivity contribution in [3.63, 3.8) is 0 Å². The summed E-state index contributed by atoms with van der Waals surface area (Å²) in [7, 11) is 0. The second-order valence-corrected chi connectivity index (χ2v) is 15.9. The highest BCUT2D eigenvalue weighted by Gasteiger charge is 2.18. The van der Waals surface area contributed by atoms with Gasteiger partial charge in [0.2, 0.25) is 0 Å². The van der Waals surface area contributed by atoms with Crippen LogP contribution in [0.1, 0.15) is 0 Å². The molecule has 0 radical (unpaired) electrons. The summed E-state index contributed by atoms with van der Waals surface area (Å²) in [5, 5.41) is 7.60. The summed E-state index contributed by atoms with van der Waals surface area (Å²) >= 11 is 5.51. The molecule has 0 saturated heterocycles. The Kier molecular flexibility index (Phi) is 6.46. The van der Waals surface area contributed by atoms with E-state index in [1.165, 1.54) is 71.6 Å². The number of thiophene rings is 3. The predicted octanol–water partition coefficient (Wildman–Crippen LogP) is 13.6. The molecule has 0 aliphatic heterocycles. The number of hydrogen-bond donors (Lipinski definition) is 0. The molecule has 6 heteroatoms. The van der Waals surface area contributed by atoms with E-state index in [9.17, 15) is 0 Å². The van der Waals surface area contributed by atoms with Crippen LogP contribution in [-0.4, -0.2) is 15.0 Å². The van der Waals surface area contributed by atoms with Crippen molar-refractivity contribution >= 4 is 94.5 Å². The number of nitrogens with zero attached hydrogens (tertiary/aromatic N) is 3. The van der Waals surface area contributed by atoms with Crippen molar-refractivity contribution in [2.75, 3.05) is 0 Å². The van der Waals surface area contributed by atoms with Crippen molar-refractivity contribution in [1.82, 2.24) is 15.0 Å². The Bertz CT molecular complexity index is 3150. The Balaban J connectivity index is 1.07. The molecule has 0 amide bonds. The van der Waals surface area contributed by atoms with Crippen molar-refractivity contribution < 1.29 is 0 Å². The Morgan fingerprint density at radius 1 is 0.294 bits per heavy atom. The highest BCUT2D eigenvalue weighted by Crippen LogP contribution is 2.43. The summed E-state index contributed by atoms with van der Waals surface area (Å²) in [5.41, 5.74) is 5.50. The molecule has 4 heterocycles. The molecule has 0 N–H and O–H groups in total. The summed E-state index contributed by atoms with van der Waals surface area (Å²) in [6, 6.07) is 54.2. The van der Waals surface area contributed by atoms with Crippen LogP contribution in [0.4, 0.5) is 0 Å². The third-order valence-corrected chi connectivity index (χ3v) is 13.3. The summed E-state index contributed by atoms with van der Waals surface area (Å²) in [6.07, 6.45) is 0. The Hall–Kier alpha value is -5.79. The monoisotopic (exact) mass is 703 g/mol. The van der Waals surface area contributed by atoms with E-state index in [4.69, 9.17) is 15.0 Å². The molecule has 0 aliphatic carbocycles. The SMILES string of the molecule is c1ccc(-c2nc(-c3ccc4sc5cc(-c6cccc7c6sc6ccccc67)ccc5c4c3)nc(-c3cccc4c3sc3ccccc34)n2)cc1. The van der Waals surface area contributed by atoms with Crippen molar-refractivity contribution in [2.24, 2.45) is 0 Å². The van der Waals surface area contributed by atoms with Gasteiger partial charge in [-0.2, -0.15) is 0 Å². The van der Waals surface area contributed by atoms with E-state index >= 15 is 0 Å². The van der Waals surface area contributed by atoms with Crippen molar-refractivity contribution in [3.05, 3.63) is 152 Å². The highest BCUT2D eigenvalue weighted by molar-refractivity contribution is 7.27. The lowest BCUT2D eigenvalue weighted by Gasteiger charge is -2.09. The first-order chi connectivity index (χ1) is 25.2. The largest absolute Gasteiger partial charge is 0.208 e. The third kappa shape index (κ3) is 4.65. The normalized spacial score (nSPS) is 11.9. The predicted molar refractivity (Wildman–Crippen MR) is 220 cm³/mol. The van der Waals surface area contributed by atoms with Gasteiger partial charge in [0, 0.05) is 77.2 Å². The van der Waals surface area contributed by atoms with Crippen LogP contribution < -0.4 is 0 Å². The summed E-state index contributed by atoms with van der Waals surface area (Å²) in [4.78, 5) is 15.3. The van der Waals surface area contributed by atoms with E-state index in [-0.39, 0.29) is 0 Å². The smallest absolute Gasteiger partial charge is 0.165 e. The zero-order valence-corrected chi connectivity index (χ0v) is 29.4. The molecular formula is C45H25N3S3. The van der Waals surface area contributed by atoms with E-state index in [1.807, 2.05) is 40.9 Å². The Morgan fingerprint density at radius 2 is 0.843 bits per heavy atom. The molecule has 7 aromatic carbocycles. The molecule has 0 unspecified atom stereocenters. The quantitative estimate of drug-likeness (QED) is 0.183. The lowest BCUT2D eigenvalue weighted by atomic mass is 10.0. The fraction of sp³-hybridized carbons (Fsp3) is 0. The molecule has 238 valence electrons. The van der Waals surface area contributed by atoms with Crippen LogP contribution in [0, 0.1) is 0 Å². The Labute approximate surface area is 304 Å². The van der Waals surface area contributed by atoms with Crippen molar-refractivity contribution in [2.45, 2.75) is 0 Å². The van der Waals surface area contributed by atoms with E-state index in [1.54, 1.807) is 11.3 Å². The van der Waals surface area contributed by atoms with Crippen LogP contribution in [0.25, 0.3) is 106 Å². The second-order valence-electron chi connectivity index (χ2n) is 12.8. The lowest BCUT2D eigenvalue weighted by Crippen LogP contribution is -2.00. The molecule has 3 nitrogen and oxygen atoms in total. The topological polar surface area (TPSA) is 38.7 Å². The van der Waals surface area contributed by atoms with Crippen LogP contribution in [0.5, 0.6) is 0 Å². The molecule has 4 aromatic heterocycles. The standard InChI is InChI=1S/C45H25N3S3/c1-2-10-26(11-3-1)43-46-44(48-45(47-43)35-17-9-16-34-31-13-5-7-19-38(31)51-42(34)35)28-21-23-39-36(24-28)32-22-20-27(25-40(32)49-39)29-14-8-15-33-30-12-4-6-18-37(30)50-41(29)33/h1-25H. The minimum Gasteiger partial charge on any atom is -0.208 e. The zero-order chi connectivity index (χ0) is 33.5. The molecule has 0 fully saturated rings. The molecule has 0 spiro atoms. The van der Waals surface area contributed by atoms with Gasteiger partial charge in [0.15, 0.2) is 17.5 Å². The van der Waals surface area contributed by atoms with E-state index in [2.05, 4.69) is 133 Å². The summed E-state index contributed by atoms with van der Waals surface area (Å²) in [6.45, 7) is 0. The fourth-order valence-electron chi connectivity index (χ4n) is 7.32. The first-order valence-corrected chi connectivity index (χ1v) is 19.3. The molecule has 0 atom stereocenters. The average molecular weight is 704 g/mol. The van der Waals surface area contributed by atoms with Gasteiger partial charge in [0.1, 0.15) is 0 Å². The van der Waals surface area contributed by atoms with Gasteiger partial charge in [-0.15, -0.1) is 34.0 Å². The fourth-order valence-corrected chi connectivity index (χ4v) is 10.9. The molecule has 11 aromatic rings. The van der Waals surface area contributed by atoms with Crippen LogP contribution in [0.2, 0.25) is 0 Å². The summed E-state index contributed by atoms with van der Waals surface area (Å²) < 4.78 is 7.64. The van der Waals surface area contributed by atoms with Crippen LogP contribution in [0.3, 0.4) is 0 Å². The van der Waals surface area contributed by atoms with Gasteiger partial charge in [-0.05, 0) is 53.6 Å². The molecule has 0 saturated carbocycles. The first-order valence-electron chi connectivity index (χ1n) is 16.8. The molecular weight excluding hydrogens is 679 g/mol. The van der Waals surface area contributed by atoms with Crippen LogP contribution >= 0.6 is 34.0 Å². The molecule has 51 heavy (non-hydrogen) atoms. The third-order valence-electron chi connectivity index (χ3n) is 9.76. The minimum atomic E-state index is 0.670. The van der Waals surface area contributed by atoms with Crippen molar-refractivity contribution in [1.29, 1.82) is 0 Å². The number of aromatic nitrogens is 3. The number of rotatable bonds is 4. The van der Waals surface area contributed by atoms with Gasteiger partial charge in [0.05, 0.1) is 0 Å². The maximum absolute atomic E-state index is 5.18. The van der Waals surface area contributed by atoms with Gasteiger partial charge in [0.25, 0.3) is 0 Å². The van der Waals surface area contributed by atoms with Gasteiger partial charge in [-0.25, -0.2) is 15.0 Å². The zero-order valence-electron chi connectivity index (χ0n) is 27.0. The maximum Gasteiger partial charge on any atom is 0.165 e. The molecule has 11 rings (SSSR count). The number of benzene rings is 7. The van der Waals surface area contributed by atoms with Crippen LogP contribution in [-0.2, 0) is 0 Å². The average Bonchev–Trinajstić information content (AvgIpc) is 3.88. The lowest BCUT2D eigenvalue weighted by molar-refractivity contribution is 1.08. The van der Waals surface area contributed by atoms with E-state index < -0.39 is 0 Å². The summed E-state index contributed by atoms with van der Waals surface area (Å²) in [5.74, 6) is 2.03. The number of fused-ring (bicyclic) bond motifs is 9. The van der Waals surface area contributed by atoms with Gasteiger partial charge < -0.3 is 0 Å². The van der Waals surface area contributed by atoms with Crippen LogP contribution in [0.15, 0.2) is 152 Å². The molecule has 0 bridgehead atoms. The number of hydrogen-bond acceptors (Lipinski definition) is 6. The minimum absolute atomic E-state index is 0.670. The van der Waals surface area contributed by atoms with E-state index in [0.29, 0.717) is 17.5 Å². The van der Waals surface area contributed by atoms with Gasteiger partial charge in [-0.1, -0.05) is 109 Å². The van der Waals surface area contributed by atoms with Crippen molar-refractivity contribution in [3.8, 4) is 45.3 Å². The maximum atomic E-state index is 5.18. The second kappa shape index (κ2) is 11.4. The molecule has 0 aliphatic rings. The Morgan fingerprint density at radius 3 is 1.59 bits per heavy atom. The first kappa shape index (κ1) is 29.0. The van der Waals surface area contributed by atoms with Gasteiger partial charge in [-0.3, -0.25) is 0 Å². The van der Waals surface area contributed by atoms with Gasteiger partial charge >= 0.3 is 0 Å².